The summed E-state index contributed by atoms with van der Waals surface area (Å²) < 4.78 is 12.8. The van der Waals surface area contributed by atoms with Crippen LogP contribution in [0.1, 0.15) is 31.8 Å². The second kappa shape index (κ2) is 5.75. The van der Waals surface area contributed by atoms with Crippen LogP contribution in [0, 0.1) is 19.7 Å². The van der Waals surface area contributed by atoms with Gasteiger partial charge in [-0.1, -0.05) is 0 Å². The highest BCUT2D eigenvalue weighted by atomic mass is 19.1. The molecule has 4 nitrogen and oxygen atoms in total. The molecule has 21 heavy (non-hydrogen) atoms. The van der Waals surface area contributed by atoms with E-state index in [1.165, 1.54) is 30.3 Å². The Balaban J connectivity index is 2.29. The molecule has 0 aromatic heterocycles. The number of carbonyl (C=O) groups is 2. The number of nitrogens with one attached hydrogen (secondary N) is 1. The lowest BCUT2D eigenvalue weighted by molar-refractivity contribution is 0.0695. The van der Waals surface area contributed by atoms with Crippen molar-refractivity contribution in [2.45, 2.75) is 13.8 Å². The molecule has 0 saturated heterocycles. The SMILES string of the molecule is Cc1cc(NC(=O)c2ccc(F)cc2)cc(C(=O)O)c1C. The van der Waals surface area contributed by atoms with Crippen LogP contribution in [0.15, 0.2) is 36.4 Å². The van der Waals surface area contributed by atoms with Gasteiger partial charge in [-0.05, 0) is 61.4 Å². The van der Waals surface area contributed by atoms with Crippen molar-refractivity contribution in [1.29, 1.82) is 0 Å². The number of carboxylic acid groups (broad SMARTS) is 1. The molecule has 0 fully saturated rings. The van der Waals surface area contributed by atoms with Gasteiger partial charge in [0, 0.05) is 11.3 Å². The van der Waals surface area contributed by atoms with Gasteiger partial charge in [-0.25, -0.2) is 9.18 Å². The van der Waals surface area contributed by atoms with Crippen LogP contribution in [-0.4, -0.2) is 17.0 Å². The summed E-state index contributed by atoms with van der Waals surface area (Å²) in [6.45, 7) is 3.49. The maximum atomic E-state index is 12.8. The molecule has 0 spiro atoms. The summed E-state index contributed by atoms with van der Waals surface area (Å²) in [5.41, 5.74) is 2.26. The molecule has 0 radical (unpaired) electrons. The Kier molecular flexibility index (Phi) is 4.03. The Hall–Kier alpha value is -2.69. The lowest BCUT2D eigenvalue weighted by Crippen LogP contribution is -2.13. The van der Waals surface area contributed by atoms with Gasteiger partial charge in [0.15, 0.2) is 0 Å². The number of hydrogen-bond donors (Lipinski definition) is 2. The number of aryl methyl sites for hydroxylation is 1. The summed E-state index contributed by atoms with van der Waals surface area (Å²) in [6.07, 6.45) is 0. The van der Waals surface area contributed by atoms with Gasteiger partial charge in [-0.15, -0.1) is 0 Å². The van der Waals surface area contributed by atoms with Crippen LogP contribution in [-0.2, 0) is 0 Å². The van der Waals surface area contributed by atoms with E-state index in [1.54, 1.807) is 19.9 Å². The van der Waals surface area contributed by atoms with Crippen molar-refractivity contribution < 1.29 is 19.1 Å². The molecule has 108 valence electrons. The average Bonchev–Trinajstić information content (AvgIpc) is 2.43. The molecule has 0 atom stereocenters. The maximum absolute atomic E-state index is 12.8. The standard InChI is InChI=1S/C16H14FNO3/c1-9-7-13(8-14(10(9)2)16(20)21)18-15(19)11-3-5-12(17)6-4-11/h3-8H,1-2H3,(H,18,19)(H,20,21). The Labute approximate surface area is 121 Å². The molecule has 0 aliphatic carbocycles. The number of aromatic carboxylic acids is 1. The molecule has 0 aliphatic rings. The molecule has 5 heteroatoms. The summed E-state index contributed by atoms with van der Waals surface area (Å²) in [4.78, 5) is 23.2. The van der Waals surface area contributed by atoms with E-state index in [2.05, 4.69) is 5.32 Å². The number of benzene rings is 2. The van der Waals surface area contributed by atoms with Crippen molar-refractivity contribution in [2.75, 3.05) is 5.32 Å². The first-order chi connectivity index (χ1) is 9.88. The Morgan fingerprint density at radius 3 is 2.29 bits per heavy atom. The summed E-state index contributed by atoms with van der Waals surface area (Å²) in [5.74, 6) is -1.89. The second-order valence-corrected chi connectivity index (χ2v) is 4.73. The van der Waals surface area contributed by atoms with Gasteiger partial charge in [0.25, 0.3) is 5.91 Å². The number of carbonyl (C=O) groups excluding carboxylic acids is 1. The molecule has 0 heterocycles. The highest BCUT2D eigenvalue weighted by Gasteiger charge is 2.13. The smallest absolute Gasteiger partial charge is 0.336 e. The van der Waals surface area contributed by atoms with E-state index in [0.29, 0.717) is 16.8 Å². The number of rotatable bonds is 3. The van der Waals surface area contributed by atoms with Crippen LogP contribution in [0.25, 0.3) is 0 Å². The zero-order valence-corrected chi connectivity index (χ0v) is 11.6. The molecule has 2 rings (SSSR count). The third-order valence-electron chi connectivity index (χ3n) is 3.26. The Bertz CT molecular complexity index is 708. The lowest BCUT2D eigenvalue weighted by atomic mass is 10.0. The van der Waals surface area contributed by atoms with E-state index >= 15 is 0 Å². The number of halogens is 1. The highest BCUT2D eigenvalue weighted by molar-refractivity contribution is 6.05. The number of amides is 1. The van der Waals surface area contributed by atoms with Crippen molar-refractivity contribution in [3.8, 4) is 0 Å². The monoisotopic (exact) mass is 287 g/mol. The normalized spacial score (nSPS) is 10.2. The molecule has 1 amide bonds. The van der Waals surface area contributed by atoms with Gasteiger partial charge in [-0.2, -0.15) is 0 Å². The van der Waals surface area contributed by atoms with Gasteiger partial charge in [0.1, 0.15) is 5.82 Å². The highest BCUT2D eigenvalue weighted by Crippen LogP contribution is 2.20. The van der Waals surface area contributed by atoms with Gasteiger partial charge in [0.05, 0.1) is 5.56 Å². The molecular formula is C16H14FNO3. The van der Waals surface area contributed by atoms with E-state index in [9.17, 15) is 14.0 Å². The number of anilines is 1. The summed E-state index contributed by atoms with van der Waals surface area (Å²) in [6, 6.07) is 8.22. The van der Waals surface area contributed by atoms with Crippen LogP contribution in [0.3, 0.4) is 0 Å². The van der Waals surface area contributed by atoms with E-state index in [1.807, 2.05) is 0 Å². The van der Waals surface area contributed by atoms with E-state index in [0.717, 1.165) is 5.56 Å². The van der Waals surface area contributed by atoms with Crippen LogP contribution in [0.5, 0.6) is 0 Å². The molecule has 2 N–H and O–H groups in total. The van der Waals surface area contributed by atoms with Crippen molar-refractivity contribution in [3.05, 3.63) is 64.5 Å². The van der Waals surface area contributed by atoms with Crippen molar-refractivity contribution in [2.24, 2.45) is 0 Å². The molecule has 0 saturated carbocycles. The molecular weight excluding hydrogens is 273 g/mol. The first-order valence-electron chi connectivity index (χ1n) is 6.30. The van der Waals surface area contributed by atoms with E-state index in [4.69, 9.17) is 5.11 Å². The van der Waals surface area contributed by atoms with Crippen molar-refractivity contribution >= 4 is 17.6 Å². The fourth-order valence-corrected chi connectivity index (χ4v) is 1.96. The minimum Gasteiger partial charge on any atom is -0.478 e. The summed E-state index contributed by atoms with van der Waals surface area (Å²) in [5, 5.41) is 11.8. The fourth-order valence-electron chi connectivity index (χ4n) is 1.96. The average molecular weight is 287 g/mol. The lowest BCUT2D eigenvalue weighted by Gasteiger charge is -2.10. The third-order valence-corrected chi connectivity index (χ3v) is 3.26. The molecule has 0 aliphatic heterocycles. The number of hydrogen-bond acceptors (Lipinski definition) is 2. The number of carboxylic acids is 1. The fraction of sp³-hybridized carbons (Fsp3) is 0.125. The van der Waals surface area contributed by atoms with Gasteiger partial charge >= 0.3 is 5.97 Å². The zero-order chi connectivity index (χ0) is 15.6. The van der Waals surface area contributed by atoms with Crippen LogP contribution >= 0.6 is 0 Å². The molecule has 0 bridgehead atoms. The zero-order valence-electron chi connectivity index (χ0n) is 11.6. The topological polar surface area (TPSA) is 66.4 Å². The van der Waals surface area contributed by atoms with E-state index < -0.39 is 17.7 Å². The van der Waals surface area contributed by atoms with E-state index in [-0.39, 0.29) is 5.56 Å². The van der Waals surface area contributed by atoms with Crippen LogP contribution in [0.4, 0.5) is 10.1 Å². The summed E-state index contributed by atoms with van der Waals surface area (Å²) in [7, 11) is 0. The first-order valence-corrected chi connectivity index (χ1v) is 6.30. The van der Waals surface area contributed by atoms with Crippen LogP contribution in [0.2, 0.25) is 0 Å². The quantitative estimate of drug-likeness (QED) is 0.909. The van der Waals surface area contributed by atoms with Crippen LogP contribution < -0.4 is 5.32 Å². The largest absolute Gasteiger partial charge is 0.478 e. The van der Waals surface area contributed by atoms with Gasteiger partial charge < -0.3 is 10.4 Å². The Morgan fingerprint density at radius 2 is 1.71 bits per heavy atom. The first kappa shape index (κ1) is 14.7. The third kappa shape index (κ3) is 3.25. The minimum absolute atomic E-state index is 0.143. The van der Waals surface area contributed by atoms with Crippen molar-refractivity contribution in [3.63, 3.8) is 0 Å². The molecule has 2 aromatic rings. The predicted octanol–water partition coefficient (Wildman–Crippen LogP) is 3.39. The van der Waals surface area contributed by atoms with Crippen molar-refractivity contribution in [1.82, 2.24) is 0 Å². The minimum atomic E-state index is -1.05. The van der Waals surface area contributed by atoms with Gasteiger partial charge in [0.2, 0.25) is 0 Å². The second-order valence-electron chi connectivity index (χ2n) is 4.73. The summed E-state index contributed by atoms with van der Waals surface area (Å²) >= 11 is 0. The van der Waals surface area contributed by atoms with Gasteiger partial charge in [-0.3, -0.25) is 4.79 Å². The predicted molar refractivity (Wildman–Crippen MR) is 77.2 cm³/mol. The Morgan fingerprint density at radius 1 is 1.10 bits per heavy atom. The maximum Gasteiger partial charge on any atom is 0.336 e. The molecule has 2 aromatic carbocycles. The molecule has 0 unspecified atom stereocenters.